The van der Waals surface area contributed by atoms with E-state index in [-0.39, 0.29) is 5.25 Å². The lowest BCUT2D eigenvalue weighted by molar-refractivity contribution is 0.222. The van der Waals surface area contributed by atoms with E-state index in [0.29, 0.717) is 5.76 Å². The highest BCUT2D eigenvalue weighted by molar-refractivity contribution is 8.08. The molecule has 1 fully saturated rings. The molecule has 0 aromatic carbocycles. The van der Waals surface area contributed by atoms with E-state index in [4.69, 9.17) is 5.11 Å². The number of aliphatic hydroxyl groups is 2. The van der Waals surface area contributed by atoms with Crippen LogP contribution in [0.3, 0.4) is 0 Å². The first kappa shape index (κ1) is 6.31. The van der Waals surface area contributed by atoms with Crippen molar-refractivity contribution in [1.82, 2.24) is 0 Å². The summed E-state index contributed by atoms with van der Waals surface area (Å²) in [6, 6.07) is 0. The van der Waals surface area contributed by atoms with Crippen molar-refractivity contribution in [2.45, 2.75) is 17.1 Å². The molecule has 2 nitrogen and oxygen atoms in total. The number of hydrogen-bond donors (Lipinski definition) is 2. The molecule has 0 radical (unpaired) electrons. The van der Waals surface area contributed by atoms with E-state index in [1.165, 1.54) is 11.8 Å². The third-order valence-corrected chi connectivity index (χ3v) is 3.35. The quantitative estimate of drug-likeness (QED) is 0.517. The molecule has 2 rings (SSSR count). The van der Waals surface area contributed by atoms with Gasteiger partial charge in [-0.1, -0.05) is 0 Å². The minimum atomic E-state index is -0.684. The standard InChI is InChI=1S/C7H8O2S/c1-4-5(8)2-3-7(9)6(4)10-7/h2-3,6,8-9H,1H3. The van der Waals surface area contributed by atoms with Crippen LogP contribution in [0.1, 0.15) is 6.92 Å². The van der Waals surface area contributed by atoms with Crippen molar-refractivity contribution in [3.05, 3.63) is 23.5 Å². The summed E-state index contributed by atoms with van der Waals surface area (Å²) < 4.78 is 0. The van der Waals surface area contributed by atoms with Gasteiger partial charge in [-0.05, 0) is 24.6 Å². The summed E-state index contributed by atoms with van der Waals surface area (Å²) in [5, 5.41) is 18.7. The zero-order valence-corrected chi connectivity index (χ0v) is 6.35. The summed E-state index contributed by atoms with van der Waals surface area (Å²) in [7, 11) is 0. The first-order valence-corrected chi connectivity index (χ1v) is 4.00. The minimum Gasteiger partial charge on any atom is -0.508 e. The molecular formula is C7H8O2S. The Kier molecular flexibility index (Phi) is 1.01. The maximum atomic E-state index is 9.47. The summed E-state index contributed by atoms with van der Waals surface area (Å²) in [5.41, 5.74) is 0.884. The first-order chi connectivity index (χ1) is 4.63. The molecule has 2 N–H and O–H groups in total. The first-order valence-electron chi connectivity index (χ1n) is 3.13. The van der Waals surface area contributed by atoms with Gasteiger partial charge in [0.15, 0.2) is 0 Å². The van der Waals surface area contributed by atoms with Crippen LogP contribution in [0, 0.1) is 0 Å². The average molecular weight is 156 g/mol. The second-order valence-electron chi connectivity index (χ2n) is 2.65. The molecule has 0 spiro atoms. The van der Waals surface area contributed by atoms with E-state index in [2.05, 4.69) is 0 Å². The molecule has 0 amide bonds. The number of hydrogen-bond acceptors (Lipinski definition) is 3. The Morgan fingerprint density at radius 3 is 3.00 bits per heavy atom. The second-order valence-corrected chi connectivity index (χ2v) is 4.01. The van der Waals surface area contributed by atoms with Crippen LogP contribution in [-0.4, -0.2) is 20.4 Å². The fraction of sp³-hybridized carbons (Fsp3) is 0.429. The lowest BCUT2D eigenvalue weighted by atomic mass is 10.0. The number of allylic oxidation sites excluding steroid dienone is 1. The Labute approximate surface area is 63.2 Å². The van der Waals surface area contributed by atoms with Crippen molar-refractivity contribution in [3.63, 3.8) is 0 Å². The third kappa shape index (κ3) is 0.646. The van der Waals surface area contributed by atoms with Gasteiger partial charge in [0.2, 0.25) is 0 Å². The largest absolute Gasteiger partial charge is 0.508 e. The molecular weight excluding hydrogens is 148 g/mol. The highest BCUT2D eigenvalue weighted by Gasteiger charge is 2.55. The maximum Gasteiger partial charge on any atom is 0.146 e. The Morgan fingerprint density at radius 2 is 2.40 bits per heavy atom. The number of aliphatic hydroxyl groups excluding tert-OH is 1. The van der Waals surface area contributed by atoms with Gasteiger partial charge in [-0.2, -0.15) is 0 Å². The van der Waals surface area contributed by atoms with Crippen molar-refractivity contribution in [2.75, 3.05) is 0 Å². The predicted molar refractivity (Wildman–Crippen MR) is 40.8 cm³/mol. The molecule has 54 valence electrons. The summed E-state index contributed by atoms with van der Waals surface area (Å²) in [6.07, 6.45) is 3.20. The Balaban J connectivity index is 2.38. The molecule has 0 saturated carbocycles. The maximum absolute atomic E-state index is 9.47. The van der Waals surface area contributed by atoms with Gasteiger partial charge >= 0.3 is 0 Å². The van der Waals surface area contributed by atoms with Crippen molar-refractivity contribution in [1.29, 1.82) is 0 Å². The van der Waals surface area contributed by atoms with E-state index >= 15 is 0 Å². The van der Waals surface area contributed by atoms with Crippen LogP contribution in [0.25, 0.3) is 0 Å². The molecule has 0 aromatic rings. The van der Waals surface area contributed by atoms with Crippen LogP contribution in [0.5, 0.6) is 0 Å². The molecule has 1 saturated heterocycles. The molecule has 1 heterocycles. The Morgan fingerprint density at radius 1 is 1.70 bits per heavy atom. The van der Waals surface area contributed by atoms with Crippen LogP contribution in [-0.2, 0) is 0 Å². The molecule has 0 bridgehead atoms. The summed E-state index contributed by atoms with van der Waals surface area (Å²) in [6.45, 7) is 1.84. The van der Waals surface area contributed by atoms with Gasteiger partial charge < -0.3 is 10.2 Å². The Hall–Kier alpha value is -0.410. The minimum absolute atomic E-state index is 0.109. The van der Waals surface area contributed by atoms with Crippen LogP contribution >= 0.6 is 11.8 Å². The topological polar surface area (TPSA) is 40.5 Å². The molecule has 2 aliphatic rings. The van der Waals surface area contributed by atoms with Crippen molar-refractivity contribution in [2.24, 2.45) is 0 Å². The zero-order valence-electron chi connectivity index (χ0n) is 5.53. The van der Waals surface area contributed by atoms with E-state index in [9.17, 15) is 5.11 Å². The smallest absolute Gasteiger partial charge is 0.146 e. The fourth-order valence-electron chi connectivity index (χ4n) is 1.14. The predicted octanol–water partition coefficient (Wildman–Crippen LogP) is 1.19. The molecule has 0 aromatic heterocycles. The second kappa shape index (κ2) is 1.60. The van der Waals surface area contributed by atoms with E-state index in [0.717, 1.165) is 5.57 Å². The summed E-state index contributed by atoms with van der Waals surface area (Å²) >= 11 is 1.46. The number of fused-ring (bicyclic) bond motifs is 1. The van der Waals surface area contributed by atoms with E-state index < -0.39 is 4.93 Å². The zero-order chi connectivity index (χ0) is 7.35. The monoisotopic (exact) mass is 156 g/mol. The van der Waals surface area contributed by atoms with Gasteiger partial charge in [-0.25, -0.2) is 0 Å². The van der Waals surface area contributed by atoms with Gasteiger partial charge in [0.05, 0.1) is 5.25 Å². The van der Waals surface area contributed by atoms with Crippen molar-refractivity contribution >= 4 is 11.8 Å². The summed E-state index contributed by atoms with van der Waals surface area (Å²) in [4.78, 5) is -0.684. The van der Waals surface area contributed by atoms with Crippen LogP contribution in [0.2, 0.25) is 0 Å². The number of thioether (sulfide) groups is 1. The SMILES string of the molecule is CC1=C(O)C=CC2(O)SC12. The van der Waals surface area contributed by atoms with Crippen LogP contribution in [0.15, 0.2) is 23.5 Å². The molecule has 1 aliphatic heterocycles. The lowest BCUT2D eigenvalue weighted by Gasteiger charge is -2.08. The van der Waals surface area contributed by atoms with E-state index in [1.54, 1.807) is 12.2 Å². The molecule has 1 aliphatic carbocycles. The van der Waals surface area contributed by atoms with Gasteiger partial charge in [-0.15, -0.1) is 11.8 Å². The normalized spacial score (nSPS) is 43.6. The van der Waals surface area contributed by atoms with Crippen molar-refractivity contribution in [3.8, 4) is 0 Å². The van der Waals surface area contributed by atoms with Crippen LogP contribution in [0.4, 0.5) is 0 Å². The molecule has 2 atom stereocenters. The molecule has 3 heteroatoms. The number of rotatable bonds is 0. The molecule has 2 unspecified atom stereocenters. The van der Waals surface area contributed by atoms with Crippen molar-refractivity contribution < 1.29 is 10.2 Å². The third-order valence-electron chi connectivity index (χ3n) is 1.90. The fourth-order valence-corrected chi connectivity index (χ4v) is 2.15. The molecule has 10 heavy (non-hydrogen) atoms. The highest BCUT2D eigenvalue weighted by Crippen LogP contribution is 2.58. The van der Waals surface area contributed by atoms with E-state index in [1.807, 2.05) is 6.92 Å². The Bertz CT molecular complexity index is 244. The van der Waals surface area contributed by atoms with Gasteiger partial charge in [0.25, 0.3) is 0 Å². The average Bonchev–Trinajstić information content (AvgIpc) is 2.56. The highest BCUT2D eigenvalue weighted by atomic mass is 32.2. The summed E-state index contributed by atoms with van der Waals surface area (Å²) in [5.74, 6) is 0.305. The van der Waals surface area contributed by atoms with Crippen LogP contribution < -0.4 is 0 Å². The van der Waals surface area contributed by atoms with Gasteiger partial charge in [0.1, 0.15) is 10.7 Å². The van der Waals surface area contributed by atoms with Gasteiger partial charge in [0, 0.05) is 0 Å². The van der Waals surface area contributed by atoms with Gasteiger partial charge in [-0.3, -0.25) is 0 Å². The lowest BCUT2D eigenvalue weighted by Crippen LogP contribution is -2.14.